The summed E-state index contributed by atoms with van der Waals surface area (Å²) in [7, 11) is 0. The number of carbonyl (C=O) groups excluding carboxylic acids is 1. The lowest BCUT2D eigenvalue weighted by molar-refractivity contribution is 0.0917. The van der Waals surface area contributed by atoms with Crippen molar-refractivity contribution in [1.29, 1.82) is 0 Å². The summed E-state index contributed by atoms with van der Waals surface area (Å²) in [5.74, 6) is -0.842. The molecule has 0 aliphatic carbocycles. The quantitative estimate of drug-likeness (QED) is 0.782. The maximum absolute atomic E-state index is 13.4. The Morgan fingerprint density at radius 3 is 2.32 bits per heavy atom. The first-order valence-corrected chi connectivity index (χ1v) is 6.19. The van der Waals surface area contributed by atoms with Crippen LogP contribution < -0.4 is 4.74 Å². The first-order chi connectivity index (χ1) is 9.09. The summed E-state index contributed by atoms with van der Waals surface area (Å²) in [6.45, 7) is -0.329. The van der Waals surface area contributed by atoms with Crippen LogP contribution >= 0.6 is 23.2 Å². The highest BCUT2D eigenvalue weighted by Gasteiger charge is 2.13. The Bertz CT molecular complexity index is 594. The zero-order valence-corrected chi connectivity index (χ0v) is 11.2. The third kappa shape index (κ3) is 3.25. The monoisotopic (exact) mass is 298 g/mol. The van der Waals surface area contributed by atoms with Crippen LogP contribution in [0.1, 0.15) is 10.4 Å². The van der Waals surface area contributed by atoms with E-state index < -0.39 is 11.6 Å². The van der Waals surface area contributed by atoms with Crippen LogP contribution in [0.25, 0.3) is 0 Å². The SMILES string of the molecule is O=C(COc1c(Cl)cccc1Cl)c1ccccc1F. The average molecular weight is 299 g/mol. The van der Waals surface area contributed by atoms with Crippen LogP contribution in [0.3, 0.4) is 0 Å². The van der Waals surface area contributed by atoms with Crippen molar-refractivity contribution >= 4 is 29.0 Å². The Morgan fingerprint density at radius 1 is 1.05 bits per heavy atom. The van der Waals surface area contributed by atoms with Crippen molar-refractivity contribution in [1.82, 2.24) is 0 Å². The summed E-state index contributed by atoms with van der Waals surface area (Å²) in [5, 5.41) is 0.600. The smallest absolute Gasteiger partial charge is 0.203 e. The van der Waals surface area contributed by atoms with Gasteiger partial charge in [-0.25, -0.2) is 4.39 Å². The van der Waals surface area contributed by atoms with Gasteiger partial charge in [0, 0.05) is 0 Å². The molecule has 0 fully saturated rings. The lowest BCUT2D eigenvalue weighted by atomic mass is 10.1. The second kappa shape index (κ2) is 6.04. The van der Waals surface area contributed by atoms with Crippen molar-refractivity contribution in [2.24, 2.45) is 0 Å². The maximum Gasteiger partial charge on any atom is 0.203 e. The Labute approximate surface area is 119 Å². The minimum Gasteiger partial charge on any atom is -0.482 e. The zero-order valence-electron chi connectivity index (χ0n) is 9.70. The number of ether oxygens (including phenoxy) is 1. The molecule has 0 spiro atoms. The van der Waals surface area contributed by atoms with E-state index in [1.807, 2.05) is 0 Å². The number of benzene rings is 2. The molecule has 0 radical (unpaired) electrons. The highest BCUT2D eigenvalue weighted by atomic mass is 35.5. The molecule has 0 N–H and O–H groups in total. The number of ketones is 1. The molecular formula is C14H9Cl2FO2. The van der Waals surface area contributed by atoms with Crippen molar-refractivity contribution < 1.29 is 13.9 Å². The molecule has 0 atom stereocenters. The number of Topliss-reactive ketones (excluding diaryl/α,β-unsaturated/α-hetero) is 1. The van der Waals surface area contributed by atoms with Crippen LogP contribution in [-0.4, -0.2) is 12.4 Å². The van der Waals surface area contributed by atoms with Gasteiger partial charge in [-0.15, -0.1) is 0 Å². The van der Waals surface area contributed by atoms with E-state index >= 15 is 0 Å². The Balaban J connectivity index is 2.11. The molecule has 0 aliphatic heterocycles. The van der Waals surface area contributed by atoms with E-state index in [1.54, 1.807) is 24.3 Å². The van der Waals surface area contributed by atoms with Gasteiger partial charge in [0.15, 0.2) is 12.4 Å². The highest BCUT2D eigenvalue weighted by Crippen LogP contribution is 2.32. The van der Waals surface area contributed by atoms with Crippen LogP contribution in [0.4, 0.5) is 4.39 Å². The summed E-state index contributed by atoms with van der Waals surface area (Å²) >= 11 is 11.8. The Hall–Kier alpha value is -1.58. The van der Waals surface area contributed by atoms with Crippen LogP contribution in [0.5, 0.6) is 5.75 Å². The Kier molecular flexibility index (Phi) is 4.40. The fourth-order valence-corrected chi connectivity index (χ4v) is 2.03. The van der Waals surface area contributed by atoms with Crippen LogP contribution in [-0.2, 0) is 0 Å². The fraction of sp³-hybridized carbons (Fsp3) is 0.0714. The maximum atomic E-state index is 13.4. The van der Waals surface area contributed by atoms with Gasteiger partial charge >= 0.3 is 0 Å². The van der Waals surface area contributed by atoms with Gasteiger partial charge in [-0.3, -0.25) is 4.79 Å². The molecule has 98 valence electrons. The predicted octanol–water partition coefficient (Wildman–Crippen LogP) is 4.39. The number of halogens is 3. The van der Waals surface area contributed by atoms with Crippen molar-refractivity contribution in [2.45, 2.75) is 0 Å². The fourth-order valence-electron chi connectivity index (χ4n) is 1.52. The summed E-state index contributed by atoms with van der Waals surface area (Å²) < 4.78 is 18.7. The molecule has 0 unspecified atom stereocenters. The summed E-state index contributed by atoms with van der Waals surface area (Å²) in [5.41, 5.74) is -0.0225. The molecule has 0 aromatic heterocycles. The molecule has 2 aromatic carbocycles. The molecular weight excluding hydrogens is 290 g/mol. The van der Waals surface area contributed by atoms with Crippen molar-refractivity contribution in [3.63, 3.8) is 0 Å². The van der Waals surface area contributed by atoms with Gasteiger partial charge in [-0.05, 0) is 24.3 Å². The summed E-state index contributed by atoms with van der Waals surface area (Å²) in [6.07, 6.45) is 0. The van der Waals surface area contributed by atoms with Crippen molar-refractivity contribution in [2.75, 3.05) is 6.61 Å². The van der Waals surface area contributed by atoms with Crippen molar-refractivity contribution in [3.05, 3.63) is 63.9 Å². The normalized spacial score (nSPS) is 10.3. The third-order valence-corrected chi connectivity index (χ3v) is 3.04. The van der Waals surface area contributed by atoms with E-state index in [-0.39, 0.29) is 17.9 Å². The second-order valence-electron chi connectivity index (χ2n) is 3.74. The van der Waals surface area contributed by atoms with Gasteiger partial charge in [-0.2, -0.15) is 0 Å². The van der Waals surface area contributed by atoms with Gasteiger partial charge in [-0.1, -0.05) is 41.4 Å². The number of carbonyl (C=O) groups is 1. The number of rotatable bonds is 4. The minimum absolute atomic E-state index is 0.0225. The molecule has 0 saturated carbocycles. The molecule has 2 aromatic rings. The predicted molar refractivity (Wildman–Crippen MR) is 72.7 cm³/mol. The average Bonchev–Trinajstić information content (AvgIpc) is 2.38. The number of hydrogen-bond acceptors (Lipinski definition) is 2. The van der Waals surface area contributed by atoms with Gasteiger partial charge in [0.05, 0.1) is 15.6 Å². The molecule has 2 nitrogen and oxygen atoms in total. The number of para-hydroxylation sites is 1. The van der Waals surface area contributed by atoms with E-state index in [9.17, 15) is 9.18 Å². The topological polar surface area (TPSA) is 26.3 Å². The summed E-state index contributed by atoms with van der Waals surface area (Å²) in [6, 6.07) is 10.6. The van der Waals surface area contributed by atoms with Crippen LogP contribution in [0, 0.1) is 5.82 Å². The molecule has 19 heavy (non-hydrogen) atoms. The standard InChI is InChI=1S/C14H9Cl2FO2/c15-10-5-3-6-11(16)14(10)19-8-13(18)9-4-1-2-7-12(9)17/h1-7H,8H2. The van der Waals surface area contributed by atoms with E-state index in [2.05, 4.69) is 0 Å². The van der Waals surface area contributed by atoms with E-state index in [0.717, 1.165) is 0 Å². The van der Waals surface area contributed by atoms with Gasteiger partial charge in [0.25, 0.3) is 0 Å². The third-order valence-electron chi connectivity index (χ3n) is 2.44. The van der Waals surface area contributed by atoms with Gasteiger partial charge in [0.2, 0.25) is 5.78 Å². The first-order valence-electron chi connectivity index (χ1n) is 5.44. The van der Waals surface area contributed by atoms with E-state index in [0.29, 0.717) is 10.0 Å². The zero-order chi connectivity index (χ0) is 13.8. The first kappa shape index (κ1) is 13.8. The molecule has 0 saturated heterocycles. The van der Waals surface area contributed by atoms with Crippen LogP contribution in [0.15, 0.2) is 42.5 Å². The minimum atomic E-state index is -0.582. The lowest BCUT2D eigenvalue weighted by Gasteiger charge is -2.09. The number of hydrogen-bond donors (Lipinski definition) is 0. The molecule has 0 heterocycles. The van der Waals surface area contributed by atoms with Gasteiger partial charge < -0.3 is 4.74 Å². The van der Waals surface area contributed by atoms with E-state index in [4.69, 9.17) is 27.9 Å². The molecule has 0 bridgehead atoms. The van der Waals surface area contributed by atoms with E-state index in [1.165, 1.54) is 18.2 Å². The second-order valence-corrected chi connectivity index (χ2v) is 4.56. The summed E-state index contributed by atoms with van der Waals surface area (Å²) in [4.78, 5) is 11.8. The molecule has 0 amide bonds. The Morgan fingerprint density at radius 2 is 1.68 bits per heavy atom. The molecule has 5 heteroatoms. The largest absolute Gasteiger partial charge is 0.482 e. The molecule has 2 rings (SSSR count). The van der Waals surface area contributed by atoms with Crippen molar-refractivity contribution in [3.8, 4) is 5.75 Å². The molecule has 0 aliphatic rings. The highest BCUT2D eigenvalue weighted by molar-refractivity contribution is 6.37. The van der Waals surface area contributed by atoms with Gasteiger partial charge in [0.1, 0.15) is 5.82 Å². The lowest BCUT2D eigenvalue weighted by Crippen LogP contribution is -2.13. The van der Waals surface area contributed by atoms with Crippen LogP contribution in [0.2, 0.25) is 10.0 Å².